The van der Waals surface area contributed by atoms with Gasteiger partial charge < -0.3 is 14.8 Å². The third-order valence-electron chi connectivity index (χ3n) is 5.30. The van der Waals surface area contributed by atoms with Gasteiger partial charge in [0.05, 0.1) is 7.11 Å². The Labute approximate surface area is 179 Å². The Morgan fingerprint density at radius 2 is 2.00 bits per heavy atom. The van der Waals surface area contributed by atoms with E-state index in [2.05, 4.69) is 20.5 Å². The van der Waals surface area contributed by atoms with Crippen molar-refractivity contribution in [3.63, 3.8) is 0 Å². The van der Waals surface area contributed by atoms with Crippen LogP contribution < -0.4 is 14.8 Å². The van der Waals surface area contributed by atoms with E-state index in [1.807, 2.05) is 6.07 Å². The number of pyridine rings is 1. The molecule has 0 unspecified atom stereocenters. The van der Waals surface area contributed by atoms with Crippen LogP contribution in [0, 0.1) is 5.92 Å². The van der Waals surface area contributed by atoms with Crippen LogP contribution in [0.2, 0.25) is 0 Å². The van der Waals surface area contributed by atoms with Crippen LogP contribution in [0.5, 0.6) is 11.5 Å². The van der Waals surface area contributed by atoms with E-state index in [1.165, 1.54) is 43.4 Å². The monoisotopic (exact) mass is 424 g/mol. The summed E-state index contributed by atoms with van der Waals surface area (Å²) in [5.41, 5.74) is 4.18. The van der Waals surface area contributed by atoms with E-state index in [0.29, 0.717) is 24.0 Å². The maximum atomic E-state index is 12.3. The number of nitrogens with one attached hydrogen (secondary N) is 1. The van der Waals surface area contributed by atoms with Gasteiger partial charge in [-0.25, -0.2) is 4.79 Å². The van der Waals surface area contributed by atoms with Gasteiger partial charge in [0.25, 0.3) is 0 Å². The molecule has 0 aliphatic heterocycles. The molecule has 7 nitrogen and oxygen atoms in total. The second kappa shape index (κ2) is 9.67. The van der Waals surface area contributed by atoms with Crippen LogP contribution in [-0.2, 0) is 0 Å². The van der Waals surface area contributed by atoms with Crippen molar-refractivity contribution >= 4 is 17.4 Å². The molecule has 0 radical (unpaired) electrons. The van der Waals surface area contributed by atoms with E-state index in [9.17, 15) is 4.79 Å². The SMILES string of the molecule is COc1ccc(OC(=O)NCC2CCCCC2)cc1-c1cncc(-c2nncs2)c1. The summed E-state index contributed by atoms with van der Waals surface area (Å²) in [6.45, 7) is 0.662. The molecule has 2 heterocycles. The van der Waals surface area contributed by atoms with Crippen LogP contribution in [0.3, 0.4) is 0 Å². The van der Waals surface area contributed by atoms with Gasteiger partial charge in [-0.2, -0.15) is 0 Å². The van der Waals surface area contributed by atoms with Gasteiger partial charge >= 0.3 is 6.09 Å². The van der Waals surface area contributed by atoms with Crippen molar-refractivity contribution in [1.82, 2.24) is 20.5 Å². The Bertz CT molecular complexity index is 988. The van der Waals surface area contributed by atoms with Gasteiger partial charge in [0.1, 0.15) is 22.0 Å². The quantitative estimate of drug-likeness (QED) is 0.603. The summed E-state index contributed by atoms with van der Waals surface area (Å²) in [5.74, 6) is 1.67. The van der Waals surface area contributed by atoms with E-state index >= 15 is 0 Å². The Balaban J connectivity index is 1.49. The number of carbonyl (C=O) groups excluding carboxylic acids is 1. The number of methoxy groups -OCH3 is 1. The molecule has 1 amide bonds. The van der Waals surface area contributed by atoms with Crippen LogP contribution in [0.25, 0.3) is 21.7 Å². The number of amides is 1. The zero-order valence-electron chi connectivity index (χ0n) is 16.8. The Kier molecular flexibility index (Phi) is 6.53. The number of aromatic nitrogens is 3. The van der Waals surface area contributed by atoms with Gasteiger partial charge in [0.15, 0.2) is 0 Å². The number of hydrogen-bond donors (Lipinski definition) is 1. The zero-order chi connectivity index (χ0) is 20.8. The average molecular weight is 425 g/mol. The van der Waals surface area contributed by atoms with E-state index in [4.69, 9.17) is 9.47 Å². The minimum atomic E-state index is -0.433. The smallest absolute Gasteiger partial charge is 0.412 e. The molecule has 8 heteroatoms. The molecular formula is C22H24N4O3S. The first kappa shape index (κ1) is 20.3. The molecule has 156 valence electrons. The number of carbonyl (C=O) groups is 1. The molecule has 0 atom stereocenters. The van der Waals surface area contributed by atoms with Gasteiger partial charge in [-0.1, -0.05) is 30.6 Å². The third kappa shape index (κ3) is 4.94. The predicted molar refractivity (Wildman–Crippen MR) is 116 cm³/mol. The van der Waals surface area contributed by atoms with Gasteiger partial charge in [-0.05, 0) is 43.0 Å². The highest BCUT2D eigenvalue weighted by Crippen LogP contribution is 2.35. The number of ether oxygens (including phenoxy) is 2. The van der Waals surface area contributed by atoms with Gasteiger partial charge in [-0.15, -0.1) is 10.2 Å². The van der Waals surface area contributed by atoms with Crippen molar-refractivity contribution in [2.24, 2.45) is 5.92 Å². The molecule has 1 N–H and O–H groups in total. The average Bonchev–Trinajstić information content (AvgIpc) is 3.34. The van der Waals surface area contributed by atoms with Crippen LogP contribution in [0.4, 0.5) is 4.79 Å². The van der Waals surface area contributed by atoms with Crippen molar-refractivity contribution in [2.75, 3.05) is 13.7 Å². The molecule has 1 aromatic carbocycles. The van der Waals surface area contributed by atoms with E-state index < -0.39 is 6.09 Å². The lowest BCUT2D eigenvalue weighted by Gasteiger charge is -2.21. The molecule has 2 aromatic heterocycles. The summed E-state index contributed by atoms with van der Waals surface area (Å²) in [6.07, 6.45) is 9.18. The van der Waals surface area contributed by atoms with E-state index in [0.717, 1.165) is 21.7 Å². The molecule has 3 aromatic rings. The maximum absolute atomic E-state index is 12.3. The second-order valence-electron chi connectivity index (χ2n) is 7.34. The van der Waals surface area contributed by atoms with Crippen molar-refractivity contribution in [3.8, 4) is 33.2 Å². The third-order valence-corrected chi connectivity index (χ3v) is 6.04. The molecular weight excluding hydrogens is 400 g/mol. The summed E-state index contributed by atoms with van der Waals surface area (Å²) < 4.78 is 11.0. The van der Waals surface area contributed by atoms with Crippen LogP contribution in [-0.4, -0.2) is 34.9 Å². The van der Waals surface area contributed by atoms with Gasteiger partial charge in [-0.3, -0.25) is 4.98 Å². The summed E-state index contributed by atoms with van der Waals surface area (Å²) >= 11 is 1.45. The highest BCUT2D eigenvalue weighted by atomic mass is 32.1. The fraction of sp³-hybridized carbons (Fsp3) is 0.364. The number of rotatable bonds is 6. The molecule has 0 bridgehead atoms. The Morgan fingerprint density at radius 1 is 1.17 bits per heavy atom. The molecule has 0 saturated heterocycles. The molecule has 1 aliphatic carbocycles. The van der Waals surface area contributed by atoms with Crippen LogP contribution in [0.1, 0.15) is 32.1 Å². The number of nitrogens with zero attached hydrogens (tertiary/aromatic N) is 3. The standard InChI is InChI=1S/C22H24N4O3S/c1-28-20-8-7-18(29-22(27)24-11-15-5-3-2-4-6-15)10-19(20)16-9-17(13-23-12-16)21-26-25-14-30-21/h7-10,12-15H,2-6,11H2,1H3,(H,24,27). The Morgan fingerprint density at radius 3 is 2.77 bits per heavy atom. The van der Waals surface area contributed by atoms with Gasteiger partial charge in [0.2, 0.25) is 0 Å². The summed E-state index contributed by atoms with van der Waals surface area (Å²) in [7, 11) is 1.61. The maximum Gasteiger partial charge on any atom is 0.412 e. The largest absolute Gasteiger partial charge is 0.496 e. The minimum absolute atomic E-state index is 0.433. The normalized spacial score (nSPS) is 14.3. The lowest BCUT2D eigenvalue weighted by Crippen LogP contribution is -2.32. The molecule has 30 heavy (non-hydrogen) atoms. The van der Waals surface area contributed by atoms with Crippen molar-refractivity contribution < 1.29 is 14.3 Å². The summed E-state index contributed by atoms with van der Waals surface area (Å²) in [4.78, 5) is 16.6. The number of benzene rings is 1. The van der Waals surface area contributed by atoms with Gasteiger partial charge in [0, 0.05) is 35.6 Å². The first-order valence-electron chi connectivity index (χ1n) is 10.1. The molecule has 1 fully saturated rings. The molecule has 1 aliphatic rings. The lowest BCUT2D eigenvalue weighted by atomic mass is 9.89. The van der Waals surface area contributed by atoms with Crippen molar-refractivity contribution in [1.29, 1.82) is 0 Å². The molecule has 0 spiro atoms. The van der Waals surface area contributed by atoms with Crippen molar-refractivity contribution in [2.45, 2.75) is 32.1 Å². The molecule has 4 rings (SSSR count). The van der Waals surface area contributed by atoms with Crippen LogP contribution in [0.15, 0.2) is 42.2 Å². The lowest BCUT2D eigenvalue weighted by molar-refractivity contribution is 0.196. The second-order valence-corrected chi connectivity index (χ2v) is 8.18. The first-order valence-corrected chi connectivity index (χ1v) is 11.0. The fourth-order valence-corrected chi connectivity index (χ4v) is 4.28. The van der Waals surface area contributed by atoms with E-state index in [1.54, 1.807) is 43.2 Å². The highest BCUT2D eigenvalue weighted by Gasteiger charge is 2.16. The topological polar surface area (TPSA) is 86.2 Å². The highest BCUT2D eigenvalue weighted by molar-refractivity contribution is 7.12. The van der Waals surface area contributed by atoms with E-state index in [-0.39, 0.29) is 0 Å². The predicted octanol–water partition coefficient (Wildman–Crippen LogP) is 4.94. The number of hydrogen-bond acceptors (Lipinski definition) is 7. The van der Waals surface area contributed by atoms with Crippen LogP contribution >= 0.6 is 11.3 Å². The zero-order valence-corrected chi connectivity index (χ0v) is 17.7. The Hall–Kier alpha value is -3.00. The summed E-state index contributed by atoms with van der Waals surface area (Å²) in [6, 6.07) is 7.28. The fourth-order valence-electron chi connectivity index (χ4n) is 3.74. The summed E-state index contributed by atoms with van der Waals surface area (Å²) in [5, 5.41) is 11.7. The molecule has 1 saturated carbocycles. The first-order chi connectivity index (χ1) is 14.7. The minimum Gasteiger partial charge on any atom is -0.496 e. The van der Waals surface area contributed by atoms with Crippen molar-refractivity contribution in [3.05, 3.63) is 42.2 Å².